The standard InChI is InChI=1S/C25H26N4O9/c1-25(2,3)38-23(34)28-17(12-19(30)37-13-14-7-5-4-6-8-14)21(31)26-15-9-10-18-16(11-15)27-20(22(32)33)29(18)24(35)36/h4-11,17H,12-13H2,1-3H3,(H,26,31)(H,28,34)(H,32,33)(H,35,36)/t17-/m0/s1. The Balaban J connectivity index is 1.79. The summed E-state index contributed by atoms with van der Waals surface area (Å²) in [4.78, 5) is 64.5. The summed E-state index contributed by atoms with van der Waals surface area (Å²) in [5.41, 5.74) is -0.0448. The minimum Gasteiger partial charge on any atom is -0.475 e. The Morgan fingerprint density at radius 2 is 1.71 bits per heavy atom. The van der Waals surface area contributed by atoms with Gasteiger partial charge in [0.1, 0.15) is 18.2 Å². The van der Waals surface area contributed by atoms with Gasteiger partial charge in [0.25, 0.3) is 0 Å². The van der Waals surface area contributed by atoms with E-state index in [4.69, 9.17) is 9.47 Å². The second-order valence-electron chi connectivity index (χ2n) is 9.10. The van der Waals surface area contributed by atoms with Gasteiger partial charge in [0.15, 0.2) is 0 Å². The number of carboxylic acid groups (broad SMARTS) is 2. The third-order valence-electron chi connectivity index (χ3n) is 4.93. The summed E-state index contributed by atoms with van der Waals surface area (Å²) in [5, 5.41) is 23.5. The van der Waals surface area contributed by atoms with E-state index in [2.05, 4.69) is 15.6 Å². The van der Waals surface area contributed by atoms with Crippen molar-refractivity contribution in [2.24, 2.45) is 0 Å². The Bertz CT molecular complexity index is 1380. The minimum absolute atomic E-state index is 0.0125. The molecule has 0 unspecified atom stereocenters. The van der Waals surface area contributed by atoms with E-state index in [-0.39, 0.29) is 23.3 Å². The summed E-state index contributed by atoms with van der Waals surface area (Å²) in [7, 11) is 0. The number of amides is 2. The normalized spacial score (nSPS) is 11.9. The fourth-order valence-corrected chi connectivity index (χ4v) is 3.35. The van der Waals surface area contributed by atoms with Gasteiger partial charge in [-0.2, -0.15) is 0 Å². The molecule has 0 fully saturated rings. The number of anilines is 1. The van der Waals surface area contributed by atoms with Crippen LogP contribution in [0.1, 0.15) is 43.4 Å². The number of hydrogen-bond donors (Lipinski definition) is 4. The Hall–Kier alpha value is -4.94. The van der Waals surface area contributed by atoms with Gasteiger partial charge in [-0.05, 0) is 44.5 Å². The summed E-state index contributed by atoms with van der Waals surface area (Å²) in [6.45, 7) is 4.86. The van der Waals surface area contributed by atoms with Gasteiger partial charge in [-0.15, -0.1) is 0 Å². The molecule has 0 aliphatic heterocycles. The lowest BCUT2D eigenvalue weighted by Crippen LogP contribution is -2.47. The van der Waals surface area contributed by atoms with Gasteiger partial charge >= 0.3 is 24.1 Å². The van der Waals surface area contributed by atoms with Crippen LogP contribution in [0.3, 0.4) is 0 Å². The number of rotatable bonds is 8. The topological polar surface area (TPSA) is 186 Å². The molecule has 38 heavy (non-hydrogen) atoms. The first kappa shape index (κ1) is 27.6. The molecule has 1 atom stereocenters. The zero-order valence-corrected chi connectivity index (χ0v) is 20.8. The largest absolute Gasteiger partial charge is 0.475 e. The van der Waals surface area contributed by atoms with Crippen molar-refractivity contribution < 1.29 is 43.7 Å². The molecule has 0 aliphatic carbocycles. The summed E-state index contributed by atoms with van der Waals surface area (Å²) in [6.07, 6.45) is -3.00. The lowest BCUT2D eigenvalue weighted by Gasteiger charge is -2.23. The van der Waals surface area contributed by atoms with Crippen molar-refractivity contribution in [1.82, 2.24) is 14.9 Å². The van der Waals surface area contributed by atoms with Crippen molar-refractivity contribution in [3.8, 4) is 0 Å². The summed E-state index contributed by atoms with van der Waals surface area (Å²) in [6, 6.07) is 11.3. The lowest BCUT2D eigenvalue weighted by molar-refractivity contribution is -0.146. The van der Waals surface area contributed by atoms with E-state index in [9.17, 15) is 34.2 Å². The predicted octanol–water partition coefficient (Wildman–Crippen LogP) is 3.23. The molecule has 0 saturated heterocycles. The number of aromatic nitrogens is 2. The molecule has 2 aromatic carbocycles. The molecule has 0 radical (unpaired) electrons. The number of ether oxygens (including phenoxy) is 2. The van der Waals surface area contributed by atoms with Gasteiger partial charge in [0.2, 0.25) is 11.7 Å². The molecule has 1 heterocycles. The Morgan fingerprint density at radius 3 is 2.32 bits per heavy atom. The van der Waals surface area contributed by atoms with E-state index in [1.165, 1.54) is 18.2 Å². The Kier molecular flexibility index (Phi) is 8.30. The highest BCUT2D eigenvalue weighted by Crippen LogP contribution is 2.21. The van der Waals surface area contributed by atoms with Crippen LogP contribution in [0.15, 0.2) is 48.5 Å². The first-order valence-electron chi connectivity index (χ1n) is 11.3. The van der Waals surface area contributed by atoms with Crippen LogP contribution in [0.4, 0.5) is 15.3 Å². The van der Waals surface area contributed by atoms with E-state index < -0.39 is 53.9 Å². The number of imidazole rings is 1. The number of nitrogens with one attached hydrogen (secondary N) is 2. The Labute approximate surface area is 216 Å². The molecule has 3 aromatic rings. The molecule has 1 aromatic heterocycles. The van der Waals surface area contributed by atoms with E-state index in [0.717, 1.165) is 5.56 Å². The highest BCUT2D eigenvalue weighted by Gasteiger charge is 2.28. The van der Waals surface area contributed by atoms with Gasteiger partial charge in [0.05, 0.1) is 17.5 Å². The molecule has 0 bridgehead atoms. The van der Waals surface area contributed by atoms with Gasteiger partial charge in [-0.3, -0.25) is 9.59 Å². The van der Waals surface area contributed by atoms with E-state index >= 15 is 0 Å². The molecular weight excluding hydrogens is 500 g/mol. The molecule has 4 N–H and O–H groups in total. The van der Waals surface area contributed by atoms with Crippen LogP contribution in [0.2, 0.25) is 0 Å². The van der Waals surface area contributed by atoms with Crippen molar-refractivity contribution >= 4 is 46.8 Å². The minimum atomic E-state index is -1.55. The average molecular weight is 527 g/mol. The summed E-state index contributed by atoms with van der Waals surface area (Å²) in [5.74, 6) is -3.83. The number of benzene rings is 2. The number of nitrogens with zero attached hydrogens (tertiary/aromatic N) is 2. The monoisotopic (exact) mass is 526 g/mol. The zero-order valence-electron chi connectivity index (χ0n) is 20.8. The molecule has 0 spiro atoms. The number of carbonyl (C=O) groups is 5. The van der Waals surface area contributed by atoms with Crippen LogP contribution >= 0.6 is 0 Å². The quantitative estimate of drug-likeness (QED) is 0.317. The van der Waals surface area contributed by atoms with Crippen molar-refractivity contribution in [2.45, 2.75) is 45.4 Å². The van der Waals surface area contributed by atoms with Gasteiger partial charge in [-0.1, -0.05) is 30.3 Å². The molecule has 3 rings (SSSR count). The number of aromatic carboxylic acids is 1. The van der Waals surface area contributed by atoms with Crippen LogP contribution in [0.5, 0.6) is 0 Å². The highest BCUT2D eigenvalue weighted by molar-refractivity contribution is 6.01. The maximum atomic E-state index is 13.0. The SMILES string of the molecule is CC(C)(C)OC(=O)N[C@@H](CC(=O)OCc1ccccc1)C(=O)Nc1ccc2c(c1)nc(C(=O)O)n2C(=O)O. The van der Waals surface area contributed by atoms with Crippen LogP contribution in [-0.2, 0) is 25.7 Å². The number of esters is 1. The van der Waals surface area contributed by atoms with Crippen LogP contribution in [-0.4, -0.2) is 61.4 Å². The predicted molar refractivity (Wildman–Crippen MR) is 133 cm³/mol. The van der Waals surface area contributed by atoms with Crippen molar-refractivity contribution in [3.05, 3.63) is 59.9 Å². The second kappa shape index (κ2) is 11.4. The first-order valence-corrected chi connectivity index (χ1v) is 11.3. The zero-order chi connectivity index (χ0) is 28.0. The van der Waals surface area contributed by atoms with Crippen molar-refractivity contribution in [2.75, 3.05) is 5.32 Å². The maximum absolute atomic E-state index is 13.0. The van der Waals surface area contributed by atoms with Crippen molar-refractivity contribution in [3.63, 3.8) is 0 Å². The molecule has 2 amide bonds. The number of hydrogen-bond acceptors (Lipinski definition) is 8. The molecule has 200 valence electrons. The number of fused-ring (bicyclic) bond motifs is 1. The molecule has 0 saturated carbocycles. The smallest absolute Gasteiger partial charge is 0.417 e. The van der Waals surface area contributed by atoms with Gasteiger partial charge < -0.3 is 30.3 Å². The van der Waals surface area contributed by atoms with E-state index in [1.807, 2.05) is 6.07 Å². The van der Waals surface area contributed by atoms with Crippen LogP contribution in [0, 0.1) is 0 Å². The first-order chi connectivity index (χ1) is 17.8. The van der Waals surface area contributed by atoms with E-state index in [0.29, 0.717) is 4.57 Å². The molecule has 13 nitrogen and oxygen atoms in total. The number of carboxylic acids is 1. The molecule has 0 aliphatic rings. The number of alkyl carbamates (subject to hydrolysis) is 1. The average Bonchev–Trinajstić information content (AvgIpc) is 3.21. The molecular formula is C25H26N4O9. The fraction of sp³-hybridized carbons (Fsp3) is 0.280. The van der Waals surface area contributed by atoms with Crippen molar-refractivity contribution in [1.29, 1.82) is 0 Å². The fourth-order valence-electron chi connectivity index (χ4n) is 3.35. The Morgan fingerprint density at radius 1 is 1.03 bits per heavy atom. The number of carbonyl (C=O) groups excluding carboxylic acids is 3. The van der Waals surface area contributed by atoms with Gasteiger partial charge in [0, 0.05) is 5.69 Å². The lowest BCUT2D eigenvalue weighted by atomic mass is 10.1. The van der Waals surface area contributed by atoms with Crippen LogP contribution < -0.4 is 10.6 Å². The summed E-state index contributed by atoms with van der Waals surface area (Å²) >= 11 is 0. The maximum Gasteiger partial charge on any atom is 0.417 e. The molecule has 13 heteroatoms. The second-order valence-corrected chi connectivity index (χ2v) is 9.10. The summed E-state index contributed by atoms with van der Waals surface area (Å²) < 4.78 is 10.9. The highest BCUT2D eigenvalue weighted by atomic mass is 16.6. The van der Waals surface area contributed by atoms with E-state index in [1.54, 1.807) is 45.0 Å². The third-order valence-corrected chi connectivity index (χ3v) is 4.93. The van der Waals surface area contributed by atoms with Gasteiger partial charge in [-0.25, -0.2) is 23.9 Å². The third kappa shape index (κ3) is 7.29. The van der Waals surface area contributed by atoms with Crippen LogP contribution in [0.25, 0.3) is 11.0 Å².